The zero-order valence-corrected chi connectivity index (χ0v) is 22.1. The molecule has 3 saturated heterocycles. The van der Waals surface area contributed by atoms with Crippen LogP contribution < -0.4 is 17.7 Å². The van der Waals surface area contributed by atoms with Gasteiger partial charge in [0.15, 0.2) is 17.2 Å². The van der Waals surface area contributed by atoms with E-state index in [0.29, 0.717) is 41.4 Å². The van der Waals surface area contributed by atoms with Gasteiger partial charge in [-0.15, -0.1) is 11.3 Å². The Morgan fingerprint density at radius 1 is 1.18 bits per heavy atom. The third kappa shape index (κ3) is 5.57. The standard InChI is InChI=1S/C27H27FN5O3S.ClH/c28-20-7-4-8-21(15-20)30-24(19-5-2-1-3-6-19)27(34)35-22-16-33(12-9-18(22)10-13-33)17-23-31-25(36-32-23)26-29-11-14-37-26;/h1-8,11,14-15,18,22,24,30H,9-10,12-13,16-17H2;1H/q+1;/p-1/t18?,22-,24?,33?;/m0./s1. The van der Waals surface area contributed by atoms with Crippen LogP contribution in [0.5, 0.6) is 0 Å². The number of nitrogens with zero attached hydrogens (tertiary/aromatic N) is 4. The number of hydrogen-bond acceptors (Lipinski definition) is 8. The molecule has 2 bridgehead atoms. The Balaban J connectivity index is 0.00000294. The van der Waals surface area contributed by atoms with Crippen molar-refractivity contribution in [2.45, 2.75) is 31.5 Å². The SMILES string of the molecule is O=C(O[C@H]1C[N+]2(Cc3noc(-c4nccs4)n3)CCC1CC2)C(Nc1cccc(F)c1)c1ccccc1.[Cl-]. The lowest BCUT2D eigenvalue weighted by atomic mass is 9.83. The third-order valence-corrected chi connectivity index (χ3v) is 8.13. The molecular weight excluding hydrogens is 529 g/mol. The number of carbonyl (C=O) groups is 1. The van der Waals surface area contributed by atoms with Gasteiger partial charge < -0.3 is 31.5 Å². The second-order valence-corrected chi connectivity index (χ2v) is 10.7. The number of thiazole rings is 1. The number of hydrogen-bond donors (Lipinski definition) is 1. The van der Waals surface area contributed by atoms with Gasteiger partial charge in [-0.05, 0) is 23.8 Å². The summed E-state index contributed by atoms with van der Waals surface area (Å²) in [7, 11) is 0. The van der Waals surface area contributed by atoms with E-state index in [0.717, 1.165) is 36.0 Å². The van der Waals surface area contributed by atoms with E-state index in [2.05, 4.69) is 20.4 Å². The van der Waals surface area contributed by atoms with E-state index in [4.69, 9.17) is 9.26 Å². The fourth-order valence-electron chi connectivity index (χ4n) is 5.50. The van der Waals surface area contributed by atoms with Crippen molar-refractivity contribution in [3.63, 3.8) is 0 Å². The minimum atomic E-state index is -0.745. The first kappa shape index (κ1) is 26.3. The smallest absolute Gasteiger partial charge is 0.333 e. The fourth-order valence-corrected chi connectivity index (χ4v) is 6.05. The van der Waals surface area contributed by atoms with Crippen LogP contribution in [0.4, 0.5) is 10.1 Å². The molecule has 8 nitrogen and oxygen atoms in total. The van der Waals surface area contributed by atoms with Crippen molar-refractivity contribution in [3.8, 4) is 10.9 Å². The molecule has 1 unspecified atom stereocenters. The first-order chi connectivity index (χ1) is 18.1. The van der Waals surface area contributed by atoms with Crippen molar-refractivity contribution in [1.29, 1.82) is 0 Å². The highest BCUT2D eigenvalue weighted by atomic mass is 35.5. The molecule has 0 saturated carbocycles. The summed E-state index contributed by atoms with van der Waals surface area (Å²) in [4.78, 5) is 22.4. The number of quaternary nitrogens is 1. The van der Waals surface area contributed by atoms with Gasteiger partial charge in [0.1, 0.15) is 18.9 Å². The van der Waals surface area contributed by atoms with Gasteiger partial charge in [-0.3, -0.25) is 0 Å². The monoisotopic (exact) mass is 555 g/mol. The molecule has 4 aromatic rings. The van der Waals surface area contributed by atoms with Crippen molar-refractivity contribution < 1.29 is 35.3 Å². The summed E-state index contributed by atoms with van der Waals surface area (Å²) in [6, 6.07) is 14.8. The summed E-state index contributed by atoms with van der Waals surface area (Å²) in [6.45, 7) is 3.31. The highest BCUT2D eigenvalue weighted by Gasteiger charge is 2.48. The zero-order chi connectivity index (χ0) is 25.2. The van der Waals surface area contributed by atoms with Crippen LogP contribution in [0.1, 0.15) is 30.3 Å². The molecule has 1 N–H and O–H groups in total. The predicted octanol–water partition coefficient (Wildman–Crippen LogP) is 1.84. The average Bonchev–Trinajstić information content (AvgIpc) is 3.61. The van der Waals surface area contributed by atoms with Crippen molar-refractivity contribution in [3.05, 3.63) is 83.4 Å². The maximum absolute atomic E-state index is 13.8. The van der Waals surface area contributed by atoms with Gasteiger partial charge in [-0.25, -0.2) is 14.2 Å². The predicted molar refractivity (Wildman–Crippen MR) is 136 cm³/mol. The van der Waals surface area contributed by atoms with Crippen LogP contribution >= 0.6 is 11.3 Å². The van der Waals surface area contributed by atoms with Crippen molar-refractivity contribution in [2.24, 2.45) is 5.92 Å². The molecule has 198 valence electrons. The number of halogens is 2. The summed E-state index contributed by atoms with van der Waals surface area (Å²) in [6.07, 6.45) is 3.46. The van der Waals surface area contributed by atoms with E-state index in [1.807, 2.05) is 35.7 Å². The summed E-state index contributed by atoms with van der Waals surface area (Å²) >= 11 is 1.46. The summed E-state index contributed by atoms with van der Waals surface area (Å²) in [5.74, 6) is 0.676. The number of benzene rings is 2. The molecule has 0 radical (unpaired) electrons. The van der Waals surface area contributed by atoms with Gasteiger partial charge in [-0.2, -0.15) is 4.98 Å². The summed E-state index contributed by atoms with van der Waals surface area (Å²) in [5, 5.41) is 9.96. The average molecular weight is 556 g/mol. The number of piperidine rings is 3. The van der Waals surface area contributed by atoms with E-state index in [9.17, 15) is 9.18 Å². The van der Waals surface area contributed by atoms with Crippen LogP contribution in [0.15, 0.2) is 70.7 Å². The number of carbonyl (C=O) groups excluding carboxylic acids is 1. The molecule has 3 aliphatic rings. The number of nitrogens with one attached hydrogen (secondary N) is 1. The molecule has 0 spiro atoms. The first-order valence-electron chi connectivity index (χ1n) is 12.4. The number of aromatic nitrogens is 3. The summed E-state index contributed by atoms with van der Waals surface area (Å²) < 4.78 is 26.2. The van der Waals surface area contributed by atoms with Gasteiger partial charge in [0, 0.05) is 36.0 Å². The molecule has 2 atom stereocenters. The second-order valence-electron chi connectivity index (χ2n) is 9.79. The maximum Gasteiger partial charge on any atom is 0.333 e. The van der Waals surface area contributed by atoms with Crippen molar-refractivity contribution in [1.82, 2.24) is 15.1 Å². The van der Waals surface area contributed by atoms with Gasteiger partial charge in [0.05, 0.1) is 13.1 Å². The molecule has 2 aromatic carbocycles. The maximum atomic E-state index is 13.8. The van der Waals surface area contributed by atoms with Gasteiger partial charge in [-0.1, -0.05) is 41.6 Å². The normalized spacial score (nSPS) is 22.9. The van der Waals surface area contributed by atoms with E-state index >= 15 is 0 Å². The third-order valence-electron chi connectivity index (χ3n) is 7.37. The van der Waals surface area contributed by atoms with E-state index in [1.165, 1.54) is 23.5 Å². The highest BCUT2D eigenvalue weighted by molar-refractivity contribution is 7.12. The Labute approximate surface area is 229 Å². The Morgan fingerprint density at radius 2 is 2.00 bits per heavy atom. The minimum absolute atomic E-state index is 0. The molecule has 5 heterocycles. The van der Waals surface area contributed by atoms with Crippen LogP contribution in [0.2, 0.25) is 0 Å². The summed E-state index contributed by atoms with van der Waals surface area (Å²) in [5.41, 5.74) is 1.29. The lowest BCUT2D eigenvalue weighted by Crippen LogP contribution is -3.00. The Bertz CT molecular complexity index is 1360. The number of ether oxygens (including phenoxy) is 1. The Kier molecular flexibility index (Phi) is 7.73. The van der Waals surface area contributed by atoms with Crippen LogP contribution in [-0.4, -0.2) is 51.3 Å². The van der Waals surface area contributed by atoms with Crippen LogP contribution in [-0.2, 0) is 16.1 Å². The molecule has 0 aliphatic carbocycles. The number of fused-ring (bicyclic) bond motifs is 3. The molecule has 38 heavy (non-hydrogen) atoms. The van der Waals surface area contributed by atoms with E-state index in [1.54, 1.807) is 18.3 Å². The number of esters is 1. The Morgan fingerprint density at radius 3 is 2.74 bits per heavy atom. The number of anilines is 1. The molecule has 3 fully saturated rings. The van der Waals surface area contributed by atoms with Crippen molar-refractivity contribution in [2.75, 3.05) is 25.0 Å². The van der Waals surface area contributed by atoms with E-state index < -0.39 is 6.04 Å². The zero-order valence-electron chi connectivity index (χ0n) is 20.5. The number of rotatable bonds is 8. The highest BCUT2D eigenvalue weighted by Crippen LogP contribution is 2.38. The molecular formula is C27H27ClFN5O3S. The quantitative estimate of drug-likeness (QED) is 0.262. The van der Waals surface area contributed by atoms with Gasteiger partial charge in [0.2, 0.25) is 5.82 Å². The molecule has 7 rings (SSSR count). The minimum Gasteiger partial charge on any atom is -1.00 e. The second kappa shape index (κ2) is 11.2. The van der Waals surface area contributed by atoms with Crippen molar-refractivity contribution >= 4 is 23.0 Å². The van der Waals surface area contributed by atoms with Gasteiger partial charge in [0.25, 0.3) is 5.89 Å². The van der Waals surface area contributed by atoms with Crippen LogP contribution in [0, 0.1) is 11.7 Å². The largest absolute Gasteiger partial charge is 1.00 e. The van der Waals surface area contributed by atoms with E-state index in [-0.39, 0.29) is 30.3 Å². The molecule has 2 aromatic heterocycles. The Hall–Kier alpha value is -3.34. The molecule has 3 aliphatic heterocycles. The lowest BCUT2D eigenvalue weighted by Gasteiger charge is -2.51. The first-order valence-corrected chi connectivity index (χ1v) is 13.3. The lowest BCUT2D eigenvalue weighted by molar-refractivity contribution is -0.958. The molecule has 11 heteroatoms. The topological polar surface area (TPSA) is 90.1 Å². The fraction of sp³-hybridized carbons (Fsp3) is 0.333. The van der Waals surface area contributed by atoms with Crippen LogP contribution in [0.3, 0.4) is 0 Å². The van der Waals surface area contributed by atoms with Crippen LogP contribution in [0.25, 0.3) is 10.9 Å². The van der Waals surface area contributed by atoms with Gasteiger partial charge >= 0.3 is 5.97 Å². The molecule has 0 amide bonds.